The molecule has 1 aromatic rings. The molecule has 0 bridgehead atoms. The minimum absolute atomic E-state index is 0.176. The molecule has 6 nitrogen and oxygen atoms in total. The van der Waals surface area contributed by atoms with Gasteiger partial charge in [0.1, 0.15) is 0 Å². The number of alkyl halides is 3. The van der Waals surface area contributed by atoms with Crippen molar-refractivity contribution in [1.29, 1.82) is 0 Å². The smallest absolute Gasteiger partial charge is 0.416 e. The Kier molecular flexibility index (Phi) is 4.43. The van der Waals surface area contributed by atoms with E-state index >= 15 is 0 Å². The van der Waals surface area contributed by atoms with Gasteiger partial charge in [0.2, 0.25) is 12.0 Å². The molecule has 1 fully saturated rings. The zero-order valence-corrected chi connectivity index (χ0v) is 14.0. The van der Waals surface area contributed by atoms with E-state index in [0.717, 1.165) is 24.3 Å². The summed E-state index contributed by atoms with van der Waals surface area (Å²) in [6.45, 7) is 3.69. The number of ether oxygens (including phenoxy) is 2. The van der Waals surface area contributed by atoms with Crippen molar-refractivity contribution in [2.75, 3.05) is 11.4 Å². The predicted octanol–water partition coefficient (Wildman–Crippen LogP) is 2.20. The summed E-state index contributed by atoms with van der Waals surface area (Å²) in [6.07, 6.45) is -3.53. The molecular weight excluding hydrogens is 353 g/mol. The van der Waals surface area contributed by atoms with Crippen LogP contribution in [-0.4, -0.2) is 36.5 Å². The minimum Gasteiger partial charge on any atom is -0.437 e. The number of nitrogens with zero attached hydrogens (tertiary/aromatic N) is 1. The second-order valence-electron chi connectivity index (χ2n) is 6.35. The molecule has 140 valence electrons. The molecule has 2 aliphatic rings. The Morgan fingerprint density at radius 2 is 1.77 bits per heavy atom. The summed E-state index contributed by atoms with van der Waals surface area (Å²) >= 11 is 0. The zero-order chi connectivity index (χ0) is 19.1. The molecule has 26 heavy (non-hydrogen) atoms. The van der Waals surface area contributed by atoms with E-state index in [9.17, 15) is 22.8 Å². The molecule has 3 rings (SSSR count). The molecular formula is C17H17F3N2O4. The van der Waals surface area contributed by atoms with E-state index in [2.05, 4.69) is 5.32 Å². The van der Waals surface area contributed by atoms with Crippen molar-refractivity contribution in [1.82, 2.24) is 5.32 Å². The van der Waals surface area contributed by atoms with Gasteiger partial charge >= 0.3 is 18.1 Å². The summed E-state index contributed by atoms with van der Waals surface area (Å²) in [5.41, 5.74) is -1.80. The van der Waals surface area contributed by atoms with Crippen molar-refractivity contribution < 1.29 is 32.2 Å². The van der Waals surface area contributed by atoms with Crippen LogP contribution in [0, 0.1) is 0 Å². The number of piperazine rings is 1. The van der Waals surface area contributed by atoms with Gasteiger partial charge in [-0.25, -0.2) is 9.59 Å². The number of rotatable bonds is 1. The lowest BCUT2D eigenvalue weighted by atomic mass is 10.0. The first kappa shape index (κ1) is 18.2. The maximum absolute atomic E-state index is 12.8. The predicted molar refractivity (Wildman–Crippen MR) is 84.9 cm³/mol. The van der Waals surface area contributed by atoms with Crippen LogP contribution in [-0.2, 0) is 25.2 Å². The van der Waals surface area contributed by atoms with Crippen LogP contribution in [0.25, 0.3) is 0 Å². The topological polar surface area (TPSA) is 67.9 Å². The lowest BCUT2D eigenvalue weighted by Crippen LogP contribution is -2.71. The molecule has 1 saturated heterocycles. The molecule has 1 N–H and O–H groups in total. The van der Waals surface area contributed by atoms with Crippen LogP contribution in [0.15, 0.2) is 36.4 Å². The molecule has 0 radical (unpaired) electrons. The number of hydrogen-bond donors (Lipinski definition) is 1. The number of fused-ring (bicyclic) bond motifs is 1. The average molecular weight is 370 g/mol. The number of nitrogens with one attached hydrogen (secondary N) is 1. The lowest BCUT2D eigenvalue weighted by molar-refractivity contribution is -0.189. The summed E-state index contributed by atoms with van der Waals surface area (Å²) in [4.78, 5) is 25.4. The number of benzene rings is 1. The second kappa shape index (κ2) is 6.31. The van der Waals surface area contributed by atoms with Gasteiger partial charge in [-0.15, -0.1) is 0 Å². The Labute approximate surface area is 147 Å². The third kappa shape index (κ3) is 3.39. The monoisotopic (exact) mass is 370 g/mol. The van der Waals surface area contributed by atoms with E-state index < -0.39 is 35.6 Å². The van der Waals surface area contributed by atoms with Gasteiger partial charge in [-0.05, 0) is 31.2 Å². The number of hydrogen-bond acceptors (Lipinski definition) is 6. The van der Waals surface area contributed by atoms with Gasteiger partial charge < -0.3 is 14.4 Å². The highest BCUT2D eigenvalue weighted by atomic mass is 19.4. The Hall–Kier alpha value is -2.55. The molecule has 2 heterocycles. The maximum Gasteiger partial charge on any atom is 0.416 e. The third-order valence-corrected chi connectivity index (χ3v) is 4.32. The summed E-state index contributed by atoms with van der Waals surface area (Å²) in [5.74, 6) is -1.46. The van der Waals surface area contributed by atoms with E-state index in [1.165, 1.54) is 12.1 Å². The number of anilines is 1. The number of halogens is 3. The van der Waals surface area contributed by atoms with Gasteiger partial charge in [-0.3, -0.25) is 5.32 Å². The van der Waals surface area contributed by atoms with Gasteiger partial charge in [0.25, 0.3) is 0 Å². The Morgan fingerprint density at radius 3 is 2.38 bits per heavy atom. The van der Waals surface area contributed by atoms with E-state index in [0.29, 0.717) is 12.2 Å². The highest BCUT2D eigenvalue weighted by molar-refractivity contribution is 5.92. The normalized spacial score (nSPS) is 30.6. The first-order valence-corrected chi connectivity index (χ1v) is 7.92. The fourth-order valence-corrected chi connectivity index (χ4v) is 3.04. The van der Waals surface area contributed by atoms with Gasteiger partial charge in [0.05, 0.1) is 5.56 Å². The summed E-state index contributed by atoms with van der Waals surface area (Å²) < 4.78 is 49.2. The third-order valence-electron chi connectivity index (χ3n) is 4.32. The molecule has 0 saturated carbocycles. The van der Waals surface area contributed by atoms with Crippen LogP contribution in [0.2, 0.25) is 0 Å². The van der Waals surface area contributed by atoms with Crippen molar-refractivity contribution in [3.8, 4) is 0 Å². The van der Waals surface area contributed by atoms with E-state index in [1.807, 2.05) is 6.92 Å². The van der Waals surface area contributed by atoms with Crippen LogP contribution >= 0.6 is 0 Å². The molecule has 3 unspecified atom stereocenters. The SMILES string of the molecule is CC1CN(c2ccc(C(F)(F)F)cc2)C2(C)OC(=O)/C=C/C(=O)OC2N1. The van der Waals surface area contributed by atoms with Crippen LogP contribution in [0.4, 0.5) is 18.9 Å². The number of carbonyl (C=O) groups excluding carboxylic acids is 2. The van der Waals surface area contributed by atoms with Crippen LogP contribution in [0.1, 0.15) is 19.4 Å². The van der Waals surface area contributed by atoms with Crippen molar-refractivity contribution in [2.24, 2.45) is 0 Å². The van der Waals surface area contributed by atoms with E-state index in [4.69, 9.17) is 9.47 Å². The molecule has 0 aromatic heterocycles. The van der Waals surface area contributed by atoms with E-state index in [1.54, 1.807) is 11.8 Å². The molecule has 1 aromatic carbocycles. The molecule has 2 aliphatic heterocycles. The number of carbonyl (C=O) groups is 2. The second-order valence-corrected chi connectivity index (χ2v) is 6.35. The van der Waals surface area contributed by atoms with Crippen LogP contribution in [0.3, 0.4) is 0 Å². The molecule has 3 atom stereocenters. The summed E-state index contributed by atoms with van der Waals surface area (Å²) in [7, 11) is 0. The first-order valence-electron chi connectivity index (χ1n) is 7.92. The van der Waals surface area contributed by atoms with Crippen molar-refractivity contribution >= 4 is 17.6 Å². The van der Waals surface area contributed by atoms with Crippen molar-refractivity contribution in [3.63, 3.8) is 0 Å². The average Bonchev–Trinajstić information content (AvgIpc) is 2.55. The van der Waals surface area contributed by atoms with Crippen molar-refractivity contribution in [2.45, 2.75) is 38.0 Å². The number of esters is 2. The standard InChI is InChI=1S/C17H17F3N2O4/c1-10-9-22(12-5-3-11(4-6-12)17(18,19)20)16(2)15(21-10)25-13(23)7-8-14(24)26-16/h3-8,10,15,21H,9H2,1-2H3/b8-7+. The molecule has 0 spiro atoms. The minimum atomic E-state index is -4.45. The van der Waals surface area contributed by atoms with Gasteiger partial charge in [-0.2, -0.15) is 13.2 Å². The fraction of sp³-hybridized carbons (Fsp3) is 0.412. The van der Waals surface area contributed by atoms with Crippen LogP contribution in [0.5, 0.6) is 0 Å². The van der Waals surface area contributed by atoms with Crippen molar-refractivity contribution in [3.05, 3.63) is 42.0 Å². The summed E-state index contributed by atoms with van der Waals surface area (Å²) in [6, 6.07) is 4.33. The van der Waals surface area contributed by atoms with Gasteiger partial charge in [-0.1, -0.05) is 0 Å². The Bertz CT molecular complexity index is 747. The largest absolute Gasteiger partial charge is 0.437 e. The fourth-order valence-electron chi connectivity index (χ4n) is 3.04. The first-order chi connectivity index (χ1) is 12.1. The molecule has 9 heteroatoms. The quantitative estimate of drug-likeness (QED) is 0.765. The summed E-state index contributed by atoms with van der Waals surface area (Å²) in [5, 5.41) is 3.04. The van der Waals surface area contributed by atoms with Crippen LogP contribution < -0.4 is 10.2 Å². The molecule has 0 aliphatic carbocycles. The Morgan fingerprint density at radius 1 is 1.15 bits per heavy atom. The van der Waals surface area contributed by atoms with Gasteiger partial charge in [0, 0.05) is 37.3 Å². The van der Waals surface area contributed by atoms with E-state index in [-0.39, 0.29) is 6.04 Å². The highest BCUT2D eigenvalue weighted by Crippen LogP contribution is 2.36. The lowest BCUT2D eigenvalue weighted by Gasteiger charge is -2.51. The maximum atomic E-state index is 12.8. The highest BCUT2D eigenvalue weighted by Gasteiger charge is 2.51. The molecule has 0 amide bonds. The zero-order valence-electron chi connectivity index (χ0n) is 14.0. The van der Waals surface area contributed by atoms with Gasteiger partial charge in [0.15, 0.2) is 0 Å². The Balaban J connectivity index is 2.00.